The minimum Gasteiger partial charge on any atom is -0.358 e. The van der Waals surface area contributed by atoms with E-state index in [-0.39, 0.29) is 17.5 Å². The molecule has 0 bridgehead atoms. The van der Waals surface area contributed by atoms with Crippen LogP contribution in [0.3, 0.4) is 0 Å². The lowest BCUT2D eigenvalue weighted by molar-refractivity contribution is 0.602. The van der Waals surface area contributed by atoms with Crippen molar-refractivity contribution < 1.29 is 8.42 Å². The molecule has 0 spiro atoms. The number of rotatable bonds is 2. The standard InChI is InChI=1S/C11H11ClN2O2S2/c12-7-1-2-9-10(5-7)17-11(14-9)13-8-3-4-18(15,16)6-8/h1-2,5,8H,3-4,6H2,(H,13,14). The molecule has 1 atom stereocenters. The van der Waals surface area contributed by atoms with Gasteiger partial charge in [0.25, 0.3) is 0 Å². The van der Waals surface area contributed by atoms with Crippen LogP contribution in [0.25, 0.3) is 10.2 Å². The molecule has 0 saturated carbocycles. The summed E-state index contributed by atoms with van der Waals surface area (Å²) in [6, 6.07) is 5.51. The third kappa shape index (κ3) is 2.46. The lowest BCUT2D eigenvalue weighted by atomic mass is 10.3. The van der Waals surface area contributed by atoms with Gasteiger partial charge in [0, 0.05) is 11.1 Å². The molecule has 7 heteroatoms. The van der Waals surface area contributed by atoms with Crippen LogP contribution in [-0.4, -0.2) is 30.9 Å². The molecule has 0 aliphatic carbocycles. The molecule has 1 unspecified atom stereocenters. The van der Waals surface area contributed by atoms with E-state index >= 15 is 0 Å². The Hall–Kier alpha value is -0.850. The van der Waals surface area contributed by atoms with Crippen LogP contribution in [0.2, 0.25) is 5.02 Å². The first-order chi connectivity index (χ1) is 8.52. The van der Waals surface area contributed by atoms with E-state index in [4.69, 9.17) is 11.6 Å². The summed E-state index contributed by atoms with van der Waals surface area (Å²) in [5.74, 6) is 0.463. The lowest BCUT2D eigenvalue weighted by Gasteiger charge is -2.07. The van der Waals surface area contributed by atoms with Crippen LogP contribution in [0.4, 0.5) is 5.13 Å². The summed E-state index contributed by atoms with van der Waals surface area (Å²) in [4.78, 5) is 4.42. The van der Waals surface area contributed by atoms with Crippen LogP contribution in [0.15, 0.2) is 18.2 Å². The molecular weight excluding hydrogens is 292 g/mol. The third-order valence-corrected chi connectivity index (χ3v) is 5.86. The summed E-state index contributed by atoms with van der Waals surface area (Å²) in [5, 5.41) is 4.63. The minimum absolute atomic E-state index is 0.0222. The Balaban J connectivity index is 1.83. The first-order valence-electron chi connectivity index (χ1n) is 5.55. The summed E-state index contributed by atoms with van der Waals surface area (Å²) in [6.45, 7) is 0. The number of hydrogen-bond acceptors (Lipinski definition) is 5. The number of hydrogen-bond donors (Lipinski definition) is 1. The summed E-state index contributed by atoms with van der Waals surface area (Å²) in [7, 11) is -2.86. The van der Waals surface area contributed by atoms with Gasteiger partial charge >= 0.3 is 0 Å². The van der Waals surface area contributed by atoms with Gasteiger partial charge in [-0.3, -0.25) is 0 Å². The van der Waals surface area contributed by atoms with Crippen LogP contribution < -0.4 is 5.32 Å². The molecule has 1 aliphatic heterocycles. The molecule has 18 heavy (non-hydrogen) atoms. The maximum Gasteiger partial charge on any atom is 0.184 e. The second-order valence-electron chi connectivity index (χ2n) is 4.38. The Kier molecular flexibility index (Phi) is 2.96. The average Bonchev–Trinajstić information content (AvgIpc) is 2.81. The first-order valence-corrected chi connectivity index (χ1v) is 8.56. The number of thiazole rings is 1. The van der Waals surface area contributed by atoms with Gasteiger partial charge in [0.15, 0.2) is 15.0 Å². The normalized spacial score (nSPS) is 22.4. The van der Waals surface area contributed by atoms with E-state index in [0.29, 0.717) is 11.4 Å². The van der Waals surface area contributed by atoms with Gasteiger partial charge in [-0.05, 0) is 24.6 Å². The number of nitrogens with one attached hydrogen (secondary N) is 1. The molecule has 3 rings (SSSR count). The maximum absolute atomic E-state index is 11.4. The van der Waals surface area contributed by atoms with Crippen molar-refractivity contribution in [1.29, 1.82) is 0 Å². The fourth-order valence-electron chi connectivity index (χ4n) is 2.04. The van der Waals surface area contributed by atoms with Gasteiger partial charge < -0.3 is 5.32 Å². The molecule has 1 aromatic carbocycles. The second kappa shape index (κ2) is 4.36. The van der Waals surface area contributed by atoms with Gasteiger partial charge in [-0.2, -0.15) is 0 Å². The van der Waals surface area contributed by atoms with E-state index in [2.05, 4.69) is 10.3 Å². The molecule has 1 fully saturated rings. The number of sulfone groups is 1. The predicted octanol–water partition coefficient (Wildman–Crippen LogP) is 2.55. The van der Waals surface area contributed by atoms with Gasteiger partial charge in [0.1, 0.15) is 0 Å². The quantitative estimate of drug-likeness (QED) is 0.926. The summed E-state index contributed by atoms with van der Waals surface area (Å²) in [6.07, 6.45) is 0.652. The van der Waals surface area contributed by atoms with Crippen LogP contribution >= 0.6 is 22.9 Å². The van der Waals surface area contributed by atoms with E-state index in [1.807, 2.05) is 12.1 Å². The number of anilines is 1. The third-order valence-electron chi connectivity index (χ3n) is 2.91. The molecule has 1 aliphatic rings. The molecule has 1 N–H and O–H groups in total. The monoisotopic (exact) mass is 302 g/mol. The fourth-order valence-corrected chi connectivity index (χ4v) is 4.94. The maximum atomic E-state index is 11.4. The molecule has 2 aromatic rings. The van der Waals surface area contributed by atoms with Gasteiger partial charge in [0.2, 0.25) is 0 Å². The van der Waals surface area contributed by atoms with Crippen molar-refractivity contribution in [3.05, 3.63) is 23.2 Å². The van der Waals surface area contributed by atoms with Crippen molar-refractivity contribution in [2.45, 2.75) is 12.5 Å². The van der Waals surface area contributed by atoms with Crippen molar-refractivity contribution in [2.75, 3.05) is 16.8 Å². The Bertz CT molecular complexity index is 696. The Morgan fingerprint density at radius 1 is 1.44 bits per heavy atom. The lowest BCUT2D eigenvalue weighted by Crippen LogP contribution is -2.20. The highest BCUT2D eigenvalue weighted by Crippen LogP contribution is 2.29. The highest BCUT2D eigenvalue weighted by atomic mass is 35.5. The topological polar surface area (TPSA) is 59.1 Å². The number of nitrogens with zero attached hydrogens (tertiary/aromatic N) is 1. The highest BCUT2D eigenvalue weighted by Gasteiger charge is 2.28. The zero-order valence-electron chi connectivity index (χ0n) is 9.39. The van der Waals surface area contributed by atoms with Gasteiger partial charge in [-0.1, -0.05) is 22.9 Å². The predicted molar refractivity (Wildman–Crippen MR) is 75.3 cm³/mol. The largest absolute Gasteiger partial charge is 0.358 e. The van der Waals surface area contributed by atoms with E-state index in [9.17, 15) is 8.42 Å². The number of benzene rings is 1. The Labute approximate surface area is 114 Å². The average molecular weight is 303 g/mol. The van der Waals surface area contributed by atoms with Crippen LogP contribution in [0, 0.1) is 0 Å². The smallest absolute Gasteiger partial charge is 0.184 e. The van der Waals surface area contributed by atoms with Crippen molar-refractivity contribution in [3.8, 4) is 0 Å². The van der Waals surface area contributed by atoms with E-state index in [1.54, 1.807) is 6.07 Å². The SMILES string of the molecule is O=S1(=O)CCC(Nc2nc3ccc(Cl)cc3s2)C1. The first kappa shape index (κ1) is 12.2. The van der Waals surface area contributed by atoms with Crippen molar-refractivity contribution in [2.24, 2.45) is 0 Å². The summed E-state index contributed by atoms with van der Waals surface area (Å²) in [5.41, 5.74) is 0.882. The molecule has 0 radical (unpaired) electrons. The van der Waals surface area contributed by atoms with Crippen LogP contribution in [-0.2, 0) is 9.84 Å². The van der Waals surface area contributed by atoms with Crippen LogP contribution in [0.5, 0.6) is 0 Å². The minimum atomic E-state index is -2.86. The molecule has 1 saturated heterocycles. The Morgan fingerprint density at radius 3 is 3.00 bits per heavy atom. The molecule has 0 amide bonds. The molecule has 2 heterocycles. The number of halogens is 1. The van der Waals surface area contributed by atoms with Crippen molar-refractivity contribution >= 4 is 48.1 Å². The van der Waals surface area contributed by atoms with Crippen LogP contribution in [0.1, 0.15) is 6.42 Å². The summed E-state index contributed by atoms with van der Waals surface area (Å²) >= 11 is 7.41. The molecule has 1 aromatic heterocycles. The van der Waals surface area contributed by atoms with Gasteiger partial charge in [0.05, 0.1) is 21.7 Å². The van der Waals surface area contributed by atoms with Crippen molar-refractivity contribution in [3.63, 3.8) is 0 Å². The zero-order valence-corrected chi connectivity index (χ0v) is 11.8. The highest BCUT2D eigenvalue weighted by molar-refractivity contribution is 7.91. The second-order valence-corrected chi connectivity index (χ2v) is 8.07. The Morgan fingerprint density at radius 2 is 2.28 bits per heavy atom. The molecular formula is C11H11ClN2O2S2. The number of aromatic nitrogens is 1. The zero-order chi connectivity index (χ0) is 12.8. The number of fused-ring (bicyclic) bond motifs is 1. The van der Waals surface area contributed by atoms with Gasteiger partial charge in [-0.25, -0.2) is 13.4 Å². The van der Waals surface area contributed by atoms with Crippen molar-refractivity contribution in [1.82, 2.24) is 4.98 Å². The van der Waals surface area contributed by atoms with E-state index in [1.165, 1.54) is 11.3 Å². The summed E-state index contributed by atoms with van der Waals surface area (Å²) < 4.78 is 23.8. The van der Waals surface area contributed by atoms with E-state index in [0.717, 1.165) is 15.3 Å². The molecule has 4 nitrogen and oxygen atoms in total. The van der Waals surface area contributed by atoms with Gasteiger partial charge in [-0.15, -0.1) is 0 Å². The van der Waals surface area contributed by atoms with E-state index < -0.39 is 9.84 Å². The molecule has 96 valence electrons. The fraction of sp³-hybridized carbons (Fsp3) is 0.364.